The summed E-state index contributed by atoms with van der Waals surface area (Å²) in [5.74, 6) is 0. The van der Waals surface area contributed by atoms with Crippen LogP contribution in [-0.4, -0.2) is 35.5 Å². The molecule has 1 atom stereocenters. The van der Waals surface area contributed by atoms with Crippen molar-refractivity contribution < 1.29 is 10.2 Å². The van der Waals surface area contributed by atoms with Crippen molar-refractivity contribution in [3.63, 3.8) is 0 Å². The predicted octanol–water partition coefficient (Wildman–Crippen LogP) is 0.119. The Labute approximate surface area is 68.4 Å². The highest BCUT2D eigenvalue weighted by molar-refractivity contribution is 4.72. The molecule has 0 aromatic carbocycles. The second kappa shape index (κ2) is 5.52. The lowest BCUT2D eigenvalue weighted by Crippen LogP contribution is -2.37. The Hall–Kier alpha value is -0.120. The standard InChI is InChI=1S/C8H19NO2/c1-3-8(2,11)7-9-5-4-6-10/h9-11H,3-7H2,1-2H3. The smallest absolute Gasteiger partial charge is 0.0740 e. The lowest BCUT2D eigenvalue weighted by atomic mass is 10.0. The van der Waals surface area contributed by atoms with Gasteiger partial charge >= 0.3 is 0 Å². The minimum atomic E-state index is -0.602. The summed E-state index contributed by atoms with van der Waals surface area (Å²) in [7, 11) is 0. The molecule has 0 spiro atoms. The molecule has 1 unspecified atom stereocenters. The van der Waals surface area contributed by atoms with Gasteiger partial charge in [-0.05, 0) is 26.3 Å². The fraction of sp³-hybridized carbons (Fsp3) is 1.00. The summed E-state index contributed by atoms with van der Waals surface area (Å²) in [6.07, 6.45) is 1.50. The predicted molar refractivity (Wildman–Crippen MR) is 45.5 cm³/mol. The third-order valence-electron chi connectivity index (χ3n) is 1.78. The summed E-state index contributed by atoms with van der Waals surface area (Å²) in [6, 6.07) is 0. The summed E-state index contributed by atoms with van der Waals surface area (Å²) < 4.78 is 0. The summed E-state index contributed by atoms with van der Waals surface area (Å²) in [5, 5.41) is 21.0. The largest absolute Gasteiger partial charge is 0.396 e. The number of aliphatic hydroxyl groups is 2. The molecule has 68 valence electrons. The highest BCUT2D eigenvalue weighted by Crippen LogP contribution is 2.05. The van der Waals surface area contributed by atoms with E-state index in [0.717, 1.165) is 19.4 Å². The van der Waals surface area contributed by atoms with Gasteiger partial charge in [0.15, 0.2) is 0 Å². The molecule has 0 aliphatic rings. The van der Waals surface area contributed by atoms with E-state index in [1.807, 2.05) is 6.92 Å². The third-order valence-corrected chi connectivity index (χ3v) is 1.78. The average molecular weight is 161 g/mol. The third kappa shape index (κ3) is 6.28. The maximum atomic E-state index is 9.50. The maximum Gasteiger partial charge on any atom is 0.0740 e. The van der Waals surface area contributed by atoms with Crippen LogP contribution in [0.4, 0.5) is 0 Å². The molecular formula is C8H19NO2. The Morgan fingerprint density at radius 1 is 1.45 bits per heavy atom. The molecule has 0 aliphatic carbocycles. The first-order chi connectivity index (χ1) is 5.12. The summed E-state index contributed by atoms with van der Waals surface area (Å²) >= 11 is 0. The van der Waals surface area contributed by atoms with Crippen LogP contribution >= 0.6 is 0 Å². The number of aliphatic hydroxyl groups excluding tert-OH is 1. The van der Waals surface area contributed by atoms with Crippen LogP contribution < -0.4 is 5.32 Å². The quantitative estimate of drug-likeness (QED) is 0.485. The Morgan fingerprint density at radius 2 is 2.09 bits per heavy atom. The number of rotatable bonds is 6. The molecule has 0 rings (SSSR count). The van der Waals surface area contributed by atoms with Crippen molar-refractivity contribution >= 4 is 0 Å². The van der Waals surface area contributed by atoms with Crippen LogP contribution in [0, 0.1) is 0 Å². The minimum absolute atomic E-state index is 0.210. The van der Waals surface area contributed by atoms with Gasteiger partial charge in [-0.3, -0.25) is 0 Å². The van der Waals surface area contributed by atoms with Gasteiger partial charge in [0.25, 0.3) is 0 Å². The normalized spacial score (nSPS) is 16.4. The van der Waals surface area contributed by atoms with Gasteiger partial charge in [0, 0.05) is 13.2 Å². The molecule has 3 heteroatoms. The van der Waals surface area contributed by atoms with Gasteiger partial charge in [0.2, 0.25) is 0 Å². The van der Waals surface area contributed by atoms with Gasteiger partial charge in [0.1, 0.15) is 0 Å². The topological polar surface area (TPSA) is 52.5 Å². The first kappa shape index (κ1) is 10.9. The van der Waals surface area contributed by atoms with E-state index in [1.54, 1.807) is 6.92 Å². The first-order valence-corrected chi connectivity index (χ1v) is 4.16. The van der Waals surface area contributed by atoms with Gasteiger partial charge in [0.05, 0.1) is 5.60 Å². The van der Waals surface area contributed by atoms with E-state index in [9.17, 15) is 5.11 Å². The maximum absolute atomic E-state index is 9.50. The molecule has 3 N–H and O–H groups in total. The van der Waals surface area contributed by atoms with Crippen molar-refractivity contribution in [2.24, 2.45) is 0 Å². The van der Waals surface area contributed by atoms with E-state index in [0.29, 0.717) is 6.54 Å². The van der Waals surface area contributed by atoms with Gasteiger partial charge < -0.3 is 15.5 Å². The van der Waals surface area contributed by atoms with Crippen LogP contribution in [-0.2, 0) is 0 Å². The van der Waals surface area contributed by atoms with Crippen molar-refractivity contribution in [3.05, 3.63) is 0 Å². The van der Waals surface area contributed by atoms with Crippen molar-refractivity contribution in [3.8, 4) is 0 Å². The van der Waals surface area contributed by atoms with Crippen LogP contribution in [0.15, 0.2) is 0 Å². The molecule has 0 saturated carbocycles. The van der Waals surface area contributed by atoms with Crippen molar-refractivity contribution in [1.29, 1.82) is 0 Å². The van der Waals surface area contributed by atoms with E-state index in [4.69, 9.17) is 5.11 Å². The van der Waals surface area contributed by atoms with E-state index in [2.05, 4.69) is 5.32 Å². The molecule has 0 radical (unpaired) electrons. The minimum Gasteiger partial charge on any atom is -0.396 e. The second-order valence-electron chi connectivity index (χ2n) is 3.10. The van der Waals surface area contributed by atoms with E-state index < -0.39 is 5.60 Å². The van der Waals surface area contributed by atoms with Crippen LogP contribution in [0.2, 0.25) is 0 Å². The lowest BCUT2D eigenvalue weighted by molar-refractivity contribution is 0.0556. The Kier molecular flexibility index (Phi) is 5.46. The Bertz CT molecular complexity index is 94.1. The Morgan fingerprint density at radius 3 is 2.55 bits per heavy atom. The monoisotopic (exact) mass is 161 g/mol. The van der Waals surface area contributed by atoms with Gasteiger partial charge in [-0.1, -0.05) is 6.92 Å². The molecule has 0 heterocycles. The summed E-state index contributed by atoms with van der Waals surface area (Å²) in [6.45, 7) is 5.34. The molecule has 0 saturated heterocycles. The molecule has 0 aromatic rings. The summed E-state index contributed by atoms with van der Waals surface area (Å²) in [5.41, 5.74) is -0.602. The van der Waals surface area contributed by atoms with Crippen LogP contribution in [0.5, 0.6) is 0 Å². The van der Waals surface area contributed by atoms with Crippen molar-refractivity contribution in [2.45, 2.75) is 32.3 Å². The van der Waals surface area contributed by atoms with E-state index in [-0.39, 0.29) is 6.61 Å². The zero-order valence-electron chi connectivity index (χ0n) is 7.43. The fourth-order valence-corrected chi connectivity index (χ4v) is 0.687. The van der Waals surface area contributed by atoms with Crippen molar-refractivity contribution in [2.75, 3.05) is 19.7 Å². The van der Waals surface area contributed by atoms with Gasteiger partial charge in [-0.25, -0.2) is 0 Å². The van der Waals surface area contributed by atoms with E-state index in [1.165, 1.54) is 0 Å². The molecule has 0 amide bonds. The fourth-order valence-electron chi connectivity index (χ4n) is 0.687. The van der Waals surface area contributed by atoms with Gasteiger partial charge in [-0.15, -0.1) is 0 Å². The first-order valence-electron chi connectivity index (χ1n) is 4.16. The van der Waals surface area contributed by atoms with Gasteiger partial charge in [-0.2, -0.15) is 0 Å². The number of hydrogen-bond donors (Lipinski definition) is 3. The highest BCUT2D eigenvalue weighted by Gasteiger charge is 2.15. The SMILES string of the molecule is CCC(C)(O)CNCCCO. The molecule has 0 bridgehead atoms. The van der Waals surface area contributed by atoms with Crippen molar-refractivity contribution in [1.82, 2.24) is 5.32 Å². The summed E-state index contributed by atoms with van der Waals surface area (Å²) in [4.78, 5) is 0. The molecule has 3 nitrogen and oxygen atoms in total. The van der Waals surface area contributed by atoms with Crippen LogP contribution in [0.25, 0.3) is 0 Å². The number of nitrogens with one attached hydrogen (secondary N) is 1. The average Bonchev–Trinajstić information content (AvgIpc) is 1.99. The molecule has 0 aromatic heterocycles. The Balaban J connectivity index is 3.23. The highest BCUT2D eigenvalue weighted by atomic mass is 16.3. The van der Waals surface area contributed by atoms with E-state index >= 15 is 0 Å². The zero-order chi connectivity index (χ0) is 8.74. The molecule has 0 fully saturated rings. The molecule has 0 aliphatic heterocycles. The zero-order valence-corrected chi connectivity index (χ0v) is 7.43. The molecule has 11 heavy (non-hydrogen) atoms. The molecular weight excluding hydrogens is 142 g/mol. The second-order valence-corrected chi connectivity index (χ2v) is 3.10. The van der Waals surface area contributed by atoms with Crippen LogP contribution in [0.1, 0.15) is 26.7 Å². The number of hydrogen-bond acceptors (Lipinski definition) is 3. The lowest BCUT2D eigenvalue weighted by Gasteiger charge is -2.21. The van der Waals surface area contributed by atoms with Crippen LogP contribution in [0.3, 0.4) is 0 Å².